The molecule has 10 heteroatoms. The van der Waals surface area contributed by atoms with Crippen LogP contribution >= 0.6 is 18.8 Å². The van der Waals surface area contributed by atoms with Crippen molar-refractivity contribution in [2.24, 2.45) is 5.41 Å². The zero-order valence-corrected chi connectivity index (χ0v) is 23.9. The monoisotopic (exact) mass is 555 g/mol. The molecule has 0 radical (unpaired) electrons. The molecule has 1 saturated heterocycles. The fourth-order valence-electron chi connectivity index (χ4n) is 5.55. The summed E-state index contributed by atoms with van der Waals surface area (Å²) in [5, 5.41) is 12.2. The largest absolute Gasteiger partial charge is 0.494 e. The summed E-state index contributed by atoms with van der Waals surface area (Å²) in [6.07, 6.45) is 1.34. The molecule has 3 aromatic rings. The Hall–Kier alpha value is -2.55. The first kappa shape index (κ1) is 27.0. The molecule has 1 N–H and O–H groups in total. The number of nitrogens with zero attached hydrogens (tertiary/aromatic N) is 3. The van der Waals surface area contributed by atoms with Crippen LogP contribution in [0.3, 0.4) is 0 Å². The summed E-state index contributed by atoms with van der Waals surface area (Å²) in [4.78, 5) is 27.0. The van der Waals surface area contributed by atoms with Gasteiger partial charge in [0, 0.05) is 29.2 Å². The number of amides is 2. The van der Waals surface area contributed by atoms with Gasteiger partial charge in [0.1, 0.15) is 5.75 Å². The van der Waals surface area contributed by atoms with E-state index in [1.807, 2.05) is 47.7 Å². The summed E-state index contributed by atoms with van der Waals surface area (Å²) in [6, 6.07) is 14.6. The molecular weight excluding hydrogens is 521 g/mol. The Balaban J connectivity index is 1.18. The van der Waals surface area contributed by atoms with Crippen molar-refractivity contribution in [3.8, 4) is 5.75 Å². The van der Waals surface area contributed by atoms with Crippen molar-refractivity contribution >= 4 is 40.7 Å². The second-order valence-electron chi connectivity index (χ2n) is 11.0. The second kappa shape index (κ2) is 10.2. The predicted octanol–water partition coefficient (Wildman–Crippen LogP) is 5.44. The quantitative estimate of drug-likeness (QED) is 0.225. The van der Waals surface area contributed by atoms with Gasteiger partial charge in [0.15, 0.2) is 5.85 Å². The average molecular weight is 556 g/mol. The van der Waals surface area contributed by atoms with Crippen molar-refractivity contribution in [1.82, 2.24) is 14.2 Å². The van der Waals surface area contributed by atoms with Crippen molar-refractivity contribution in [1.29, 1.82) is 0 Å². The molecule has 202 valence electrons. The number of ether oxygens (including phenoxy) is 1. The maximum absolute atomic E-state index is 14.0. The number of aliphatic hydroxyl groups excluding tert-OH is 1. The lowest BCUT2D eigenvalue weighted by Gasteiger charge is -2.48. The summed E-state index contributed by atoms with van der Waals surface area (Å²) in [5.74, 6) is -0.844. The molecule has 8 nitrogen and oxygen atoms in total. The number of unbranched alkanes of at least 4 members (excludes halogenated alkanes) is 1. The number of carbonyl (C=O) groups excluding carboxylic acids is 2. The fourth-order valence-corrected chi connectivity index (χ4v) is 9.89. The normalized spacial score (nSPS) is 20.2. The number of rotatable bonds is 8. The number of hydrogen-bond acceptors (Lipinski definition) is 6. The zero-order valence-electron chi connectivity index (χ0n) is 22.2. The van der Waals surface area contributed by atoms with E-state index in [2.05, 4.69) is 13.8 Å². The maximum Gasteiger partial charge on any atom is 0.261 e. The Bertz CT molecular complexity index is 1380. The predicted molar refractivity (Wildman–Crippen MR) is 150 cm³/mol. The van der Waals surface area contributed by atoms with Crippen molar-refractivity contribution in [3.05, 3.63) is 64.5 Å². The number of fused-ring (bicyclic) bond motifs is 2. The lowest BCUT2D eigenvalue weighted by atomic mass is 9.93. The summed E-state index contributed by atoms with van der Waals surface area (Å²) in [6.45, 7) is 6.40. The molecule has 1 fully saturated rings. The van der Waals surface area contributed by atoms with Gasteiger partial charge in [0.25, 0.3) is 11.8 Å². The Labute approximate surface area is 227 Å². The maximum atomic E-state index is 14.0. The van der Waals surface area contributed by atoms with Crippen LogP contribution in [0, 0.1) is 5.41 Å². The molecule has 2 aliphatic heterocycles. The van der Waals surface area contributed by atoms with Crippen molar-refractivity contribution in [2.45, 2.75) is 32.5 Å². The lowest BCUT2D eigenvalue weighted by molar-refractivity contribution is 0.0649. The van der Waals surface area contributed by atoms with E-state index in [-0.39, 0.29) is 17.2 Å². The fraction of sp³-hybridized carbons (Fsp3) is 0.429. The van der Waals surface area contributed by atoms with Crippen LogP contribution in [0.5, 0.6) is 5.75 Å². The van der Waals surface area contributed by atoms with E-state index in [1.165, 1.54) is 16.2 Å². The highest BCUT2D eigenvalue weighted by Crippen LogP contribution is 2.65. The van der Waals surface area contributed by atoms with Crippen LogP contribution in [0.25, 0.3) is 10.1 Å². The van der Waals surface area contributed by atoms with Crippen molar-refractivity contribution in [2.75, 3.05) is 40.3 Å². The first-order valence-electron chi connectivity index (χ1n) is 12.8. The molecule has 3 heterocycles. The van der Waals surface area contributed by atoms with E-state index in [0.717, 1.165) is 10.1 Å². The van der Waals surface area contributed by atoms with E-state index in [4.69, 9.17) is 4.74 Å². The van der Waals surface area contributed by atoms with Gasteiger partial charge in [0.05, 0.1) is 17.7 Å². The zero-order chi connectivity index (χ0) is 27.2. The third-order valence-electron chi connectivity index (χ3n) is 7.29. The molecule has 5 rings (SSSR count). The number of thiophene rings is 1. The molecule has 2 aliphatic rings. The number of aliphatic hydroxyl groups is 1. The highest BCUT2D eigenvalue weighted by Gasteiger charge is 2.48. The van der Waals surface area contributed by atoms with Crippen molar-refractivity contribution in [3.63, 3.8) is 0 Å². The second-order valence-corrected chi connectivity index (χ2v) is 15.1. The van der Waals surface area contributed by atoms with Gasteiger partial charge in [-0.05, 0) is 74.1 Å². The number of benzene rings is 2. The SMILES string of the molecule is CN1CC(C)(C)CN(C)P1(=O)C(O)c1cc2cc(OCCCCN3C(=O)c4ccccc4C3=O)ccc2s1. The summed E-state index contributed by atoms with van der Waals surface area (Å²) < 4.78 is 24.5. The Morgan fingerprint density at radius 2 is 1.63 bits per heavy atom. The van der Waals surface area contributed by atoms with Crippen molar-refractivity contribution < 1.29 is 24.0 Å². The van der Waals surface area contributed by atoms with Crippen LogP contribution in [-0.4, -0.2) is 71.5 Å². The number of carbonyl (C=O) groups is 2. The van der Waals surface area contributed by atoms with Gasteiger partial charge in [-0.3, -0.25) is 19.1 Å². The standard InChI is InChI=1S/C28H34N3O5PS/c1-28(2)17-29(3)37(35,30(4)18-28)27(34)24-16-19-15-20(11-12-23(19)38-24)36-14-8-7-13-31-25(32)21-9-5-6-10-22(21)26(31)33/h5-6,9-12,15-16,27,34H,7-8,13-14,17-18H2,1-4H3. The van der Waals surface area contributed by atoms with Gasteiger partial charge in [-0.25, -0.2) is 9.34 Å². The Kier molecular flexibility index (Phi) is 7.26. The van der Waals surface area contributed by atoms with Gasteiger partial charge in [-0.1, -0.05) is 26.0 Å². The minimum Gasteiger partial charge on any atom is -0.494 e. The molecule has 0 bridgehead atoms. The Morgan fingerprint density at radius 3 is 2.26 bits per heavy atom. The van der Waals surface area contributed by atoms with E-state index >= 15 is 0 Å². The van der Waals surface area contributed by atoms with E-state index < -0.39 is 13.3 Å². The molecular formula is C28H34N3O5PS. The summed E-state index contributed by atoms with van der Waals surface area (Å²) in [5.41, 5.74) is 0.935. The summed E-state index contributed by atoms with van der Waals surface area (Å²) in [7, 11) is 0.488. The van der Waals surface area contributed by atoms with E-state index in [0.29, 0.717) is 60.8 Å². The molecule has 38 heavy (non-hydrogen) atoms. The molecule has 0 saturated carbocycles. The van der Waals surface area contributed by atoms with Crippen LogP contribution in [0.1, 0.15) is 58.1 Å². The van der Waals surface area contributed by atoms with Crippen LogP contribution in [0.15, 0.2) is 48.5 Å². The third-order valence-corrected chi connectivity index (χ3v) is 11.8. The molecule has 2 amide bonds. The Morgan fingerprint density at radius 1 is 1.00 bits per heavy atom. The highest BCUT2D eigenvalue weighted by molar-refractivity contribution is 7.59. The van der Waals surface area contributed by atoms with Crippen LogP contribution < -0.4 is 4.74 Å². The molecule has 2 aromatic carbocycles. The summed E-state index contributed by atoms with van der Waals surface area (Å²) >= 11 is 1.45. The first-order valence-corrected chi connectivity index (χ1v) is 15.3. The minimum absolute atomic E-state index is 0.00589. The molecule has 1 atom stereocenters. The van der Waals surface area contributed by atoms with Crippen LogP contribution in [-0.2, 0) is 4.57 Å². The van der Waals surface area contributed by atoms with Gasteiger partial charge < -0.3 is 9.84 Å². The van der Waals surface area contributed by atoms with Gasteiger partial charge in [-0.2, -0.15) is 0 Å². The average Bonchev–Trinajstić information content (AvgIpc) is 3.40. The molecule has 0 spiro atoms. The van der Waals surface area contributed by atoms with E-state index in [9.17, 15) is 19.3 Å². The van der Waals surface area contributed by atoms with Crippen LogP contribution in [0.4, 0.5) is 0 Å². The number of imide groups is 1. The number of hydrogen-bond donors (Lipinski definition) is 1. The van der Waals surface area contributed by atoms with Gasteiger partial charge >= 0.3 is 0 Å². The lowest BCUT2D eigenvalue weighted by Crippen LogP contribution is -2.47. The topological polar surface area (TPSA) is 90.4 Å². The molecule has 1 aromatic heterocycles. The highest BCUT2D eigenvalue weighted by atomic mass is 32.1. The third kappa shape index (κ3) is 4.82. The molecule has 1 unspecified atom stereocenters. The van der Waals surface area contributed by atoms with Gasteiger partial charge in [-0.15, -0.1) is 11.3 Å². The molecule has 0 aliphatic carbocycles. The van der Waals surface area contributed by atoms with Crippen LogP contribution in [0.2, 0.25) is 0 Å². The minimum atomic E-state index is -3.17. The van der Waals surface area contributed by atoms with Gasteiger partial charge in [0.2, 0.25) is 7.44 Å². The first-order chi connectivity index (χ1) is 18.0. The smallest absolute Gasteiger partial charge is 0.261 e. The van der Waals surface area contributed by atoms with E-state index in [1.54, 1.807) is 24.3 Å².